The maximum absolute atomic E-state index is 12.4. The third-order valence-electron chi connectivity index (χ3n) is 6.08. The Labute approximate surface area is 144 Å². The molecule has 3 aliphatic rings. The maximum Gasteiger partial charge on any atom is 0.237 e. The number of primary amides is 1. The number of carbonyl (C=O) groups is 2. The molecule has 2 heterocycles. The second-order valence-electron chi connectivity index (χ2n) is 7.50. The molecule has 24 heavy (non-hydrogen) atoms. The number of nitrogens with two attached hydrogens (primary N) is 1. The Morgan fingerprint density at radius 3 is 2.33 bits per heavy atom. The average Bonchev–Trinajstić information content (AvgIpc) is 3.14. The first-order valence-electron chi connectivity index (χ1n) is 9.56. The van der Waals surface area contributed by atoms with Gasteiger partial charge in [0.05, 0.1) is 6.10 Å². The number of piperazine rings is 1. The molecule has 0 aromatic carbocycles. The zero-order valence-electron chi connectivity index (χ0n) is 14.7. The van der Waals surface area contributed by atoms with E-state index >= 15 is 0 Å². The Morgan fingerprint density at radius 1 is 1.04 bits per heavy atom. The molecule has 6 heteroatoms. The van der Waals surface area contributed by atoms with Crippen molar-refractivity contribution in [1.29, 1.82) is 0 Å². The first-order chi connectivity index (χ1) is 11.6. The molecule has 2 saturated heterocycles. The molecule has 136 valence electrons. The minimum absolute atomic E-state index is 0.180. The molecule has 2 aliphatic heterocycles. The molecule has 1 saturated carbocycles. The van der Waals surface area contributed by atoms with Crippen molar-refractivity contribution < 1.29 is 14.3 Å². The zero-order valence-corrected chi connectivity index (χ0v) is 14.7. The smallest absolute Gasteiger partial charge is 0.237 e. The summed E-state index contributed by atoms with van der Waals surface area (Å²) in [6, 6.07) is 0. The number of carbonyl (C=O) groups excluding carboxylic acids is 2. The van der Waals surface area contributed by atoms with Gasteiger partial charge in [0.25, 0.3) is 0 Å². The quantitative estimate of drug-likeness (QED) is 0.820. The van der Waals surface area contributed by atoms with Crippen LogP contribution in [0.4, 0.5) is 0 Å². The topological polar surface area (TPSA) is 75.9 Å². The van der Waals surface area contributed by atoms with Crippen LogP contribution in [0.1, 0.15) is 57.8 Å². The Balaban J connectivity index is 1.49. The van der Waals surface area contributed by atoms with Crippen molar-refractivity contribution in [3.63, 3.8) is 0 Å². The van der Waals surface area contributed by atoms with Gasteiger partial charge in [0.15, 0.2) is 0 Å². The van der Waals surface area contributed by atoms with E-state index in [2.05, 4.69) is 4.90 Å². The van der Waals surface area contributed by atoms with Crippen molar-refractivity contribution in [3.05, 3.63) is 0 Å². The van der Waals surface area contributed by atoms with Gasteiger partial charge in [-0.15, -0.1) is 0 Å². The van der Waals surface area contributed by atoms with Gasteiger partial charge >= 0.3 is 0 Å². The van der Waals surface area contributed by atoms with Gasteiger partial charge < -0.3 is 15.4 Å². The summed E-state index contributed by atoms with van der Waals surface area (Å²) in [5.74, 6) is 0.0438. The van der Waals surface area contributed by atoms with Crippen molar-refractivity contribution in [1.82, 2.24) is 9.80 Å². The van der Waals surface area contributed by atoms with Gasteiger partial charge in [-0.3, -0.25) is 14.5 Å². The van der Waals surface area contributed by atoms with E-state index in [1.165, 1.54) is 6.42 Å². The fourth-order valence-corrected chi connectivity index (χ4v) is 4.55. The van der Waals surface area contributed by atoms with Gasteiger partial charge in [-0.1, -0.05) is 19.3 Å². The molecule has 6 nitrogen and oxygen atoms in total. The van der Waals surface area contributed by atoms with Crippen LogP contribution < -0.4 is 5.73 Å². The van der Waals surface area contributed by atoms with Crippen LogP contribution in [0.5, 0.6) is 0 Å². The van der Waals surface area contributed by atoms with Crippen molar-refractivity contribution >= 4 is 11.8 Å². The zero-order chi connectivity index (χ0) is 17.0. The SMILES string of the molecule is NC(=O)C1(N2CCN(C(=O)CC[C@@H]3CCCO3)CC2)CCCCC1. The number of ether oxygens (including phenoxy) is 1. The lowest BCUT2D eigenvalue weighted by atomic mass is 9.79. The predicted molar refractivity (Wildman–Crippen MR) is 91.4 cm³/mol. The van der Waals surface area contributed by atoms with Crippen LogP contribution in [0.2, 0.25) is 0 Å². The molecule has 0 bridgehead atoms. The lowest BCUT2D eigenvalue weighted by Gasteiger charge is -2.47. The molecule has 0 unspecified atom stereocenters. The van der Waals surface area contributed by atoms with Crippen LogP contribution in [0.3, 0.4) is 0 Å². The summed E-state index contributed by atoms with van der Waals surface area (Å²) in [6.45, 7) is 3.77. The van der Waals surface area contributed by atoms with Gasteiger partial charge in [0, 0.05) is 39.2 Å². The summed E-state index contributed by atoms with van der Waals surface area (Å²) in [4.78, 5) is 28.7. The molecule has 3 rings (SSSR count). The predicted octanol–water partition coefficient (Wildman–Crippen LogP) is 1.28. The lowest BCUT2D eigenvalue weighted by Crippen LogP contribution is -2.63. The van der Waals surface area contributed by atoms with Crippen LogP contribution in [-0.4, -0.2) is 66.0 Å². The molecule has 1 atom stereocenters. The Morgan fingerprint density at radius 2 is 1.75 bits per heavy atom. The fourth-order valence-electron chi connectivity index (χ4n) is 4.55. The summed E-state index contributed by atoms with van der Waals surface area (Å²) in [7, 11) is 0. The van der Waals surface area contributed by atoms with Gasteiger partial charge in [0.2, 0.25) is 11.8 Å². The van der Waals surface area contributed by atoms with Crippen molar-refractivity contribution in [2.24, 2.45) is 5.73 Å². The normalized spacial score (nSPS) is 28.0. The summed E-state index contributed by atoms with van der Waals surface area (Å²) in [6.07, 6.45) is 8.97. The summed E-state index contributed by atoms with van der Waals surface area (Å²) >= 11 is 0. The standard InChI is InChI=1S/C18H31N3O3/c19-17(23)18(8-2-1-3-9-18)21-12-10-20(11-13-21)16(22)7-6-15-5-4-14-24-15/h15H,1-14H2,(H2,19,23)/t15-/m0/s1. The molecule has 2 amide bonds. The van der Waals surface area contributed by atoms with Crippen LogP contribution in [0.15, 0.2) is 0 Å². The molecule has 2 N–H and O–H groups in total. The lowest BCUT2D eigenvalue weighted by molar-refractivity contribution is -0.139. The first-order valence-corrected chi connectivity index (χ1v) is 9.56. The van der Waals surface area contributed by atoms with Gasteiger partial charge in [-0.25, -0.2) is 0 Å². The second kappa shape index (κ2) is 7.83. The number of hydrogen-bond donors (Lipinski definition) is 1. The highest BCUT2D eigenvalue weighted by Crippen LogP contribution is 2.34. The van der Waals surface area contributed by atoms with E-state index < -0.39 is 5.54 Å². The van der Waals surface area contributed by atoms with Crippen LogP contribution >= 0.6 is 0 Å². The highest BCUT2D eigenvalue weighted by molar-refractivity contribution is 5.85. The minimum atomic E-state index is -0.467. The van der Waals surface area contributed by atoms with E-state index in [4.69, 9.17) is 10.5 Å². The van der Waals surface area contributed by atoms with Crippen LogP contribution in [0.25, 0.3) is 0 Å². The van der Waals surface area contributed by atoms with Gasteiger partial charge in [-0.2, -0.15) is 0 Å². The van der Waals surface area contributed by atoms with E-state index in [0.29, 0.717) is 19.5 Å². The number of amides is 2. The number of rotatable bonds is 5. The van der Waals surface area contributed by atoms with Gasteiger partial charge in [0.1, 0.15) is 5.54 Å². The Kier molecular flexibility index (Phi) is 5.76. The van der Waals surface area contributed by atoms with Crippen molar-refractivity contribution in [2.45, 2.75) is 69.4 Å². The highest BCUT2D eigenvalue weighted by Gasteiger charge is 2.44. The monoisotopic (exact) mass is 337 g/mol. The van der Waals surface area contributed by atoms with Crippen molar-refractivity contribution in [2.75, 3.05) is 32.8 Å². The number of hydrogen-bond acceptors (Lipinski definition) is 4. The van der Waals surface area contributed by atoms with E-state index in [-0.39, 0.29) is 17.9 Å². The second-order valence-corrected chi connectivity index (χ2v) is 7.50. The maximum atomic E-state index is 12.4. The molecule has 3 fully saturated rings. The molecular weight excluding hydrogens is 306 g/mol. The van der Waals surface area contributed by atoms with E-state index in [1.807, 2.05) is 4.90 Å². The Hall–Kier alpha value is -1.14. The van der Waals surface area contributed by atoms with E-state index in [0.717, 1.165) is 64.6 Å². The first kappa shape index (κ1) is 17.7. The van der Waals surface area contributed by atoms with E-state index in [9.17, 15) is 9.59 Å². The summed E-state index contributed by atoms with van der Waals surface area (Å²) in [5.41, 5.74) is 5.30. The van der Waals surface area contributed by atoms with Crippen LogP contribution in [-0.2, 0) is 14.3 Å². The fraction of sp³-hybridized carbons (Fsp3) is 0.889. The minimum Gasteiger partial charge on any atom is -0.378 e. The van der Waals surface area contributed by atoms with Gasteiger partial charge in [-0.05, 0) is 32.1 Å². The summed E-state index contributed by atoms with van der Waals surface area (Å²) < 4.78 is 5.60. The summed E-state index contributed by atoms with van der Waals surface area (Å²) in [5, 5.41) is 0. The third-order valence-corrected chi connectivity index (χ3v) is 6.08. The molecule has 0 aromatic rings. The highest BCUT2D eigenvalue weighted by atomic mass is 16.5. The molecule has 0 aromatic heterocycles. The Bertz CT molecular complexity index is 448. The van der Waals surface area contributed by atoms with Crippen LogP contribution in [0, 0.1) is 0 Å². The number of nitrogens with zero attached hydrogens (tertiary/aromatic N) is 2. The van der Waals surface area contributed by atoms with Crippen molar-refractivity contribution in [3.8, 4) is 0 Å². The molecule has 0 radical (unpaired) electrons. The molecule has 1 aliphatic carbocycles. The van der Waals surface area contributed by atoms with E-state index in [1.54, 1.807) is 0 Å². The largest absolute Gasteiger partial charge is 0.378 e. The average molecular weight is 337 g/mol. The molecular formula is C18H31N3O3. The molecule has 0 spiro atoms. The third kappa shape index (κ3) is 3.75.